The van der Waals surface area contributed by atoms with Gasteiger partial charge in [0.1, 0.15) is 0 Å². The molecule has 6 heteroatoms. The van der Waals surface area contributed by atoms with Crippen molar-refractivity contribution in [3.8, 4) is 11.3 Å². The van der Waals surface area contributed by atoms with E-state index < -0.39 is 10.0 Å². The number of nitrogens with zero attached hydrogens (tertiary/aromatic N) is 1. The molecule has 0 saturated carbocycles. The highest BCUT2D eigenvalue weighted by Gasteiger charge is 2.16. The van der Waals surface area contributed by atoms with Crippen molar-refractivity contribution in [2.75, 3.05) is 4.72 Å². The summed E-state index contributed by atoms with van der Waals surface area (Å²) in [6, 6.07) is 14.1. The molecular weight excluding hydrogens is 310 g/mol. The van der Waals surface area contributed by atoms with Crippen molar-refractivity contribution in [3.63, 3.8) is 0 Å². The number of H-pyrrole nitrogens is 1. The fraction of sp³-hybridized carbons (Fsp3) is 0.118. The van der Waals surface area contributed by atoms with E-state index in [1.54, 1.807) is 49.6 Å². The molecule has 1 heterocycles. The predicted octanol–water partition coefficient (Wildman–Crippen LogP) is 3.49. The number of rotatable bonds is 4. The van der Waals surface area contributed by atoms with Gasteiger partial charge in [-0.05, 0) is 37.6 Å². The van der Waals surface area contributed by atoms with E-state index in [2.05, 4.69) is 14.7 Å². The fourth-order valence-electron chi connectivity index (χ4n) is 2.45. The van der Waals surface area contributed by atoms with E-state index in [0.29, 0.717) is 11.3 Å². The SMILES string of the molecule is Cc1ccccc1S(=O)(=O)Nc1cccc(-c2nc[nH]c2C)c1. The van der Waals surface area contributed by atoms with Crippen molar-refractivity contribution in [2.45, 2.75) is 18.7 Å². The Hall–Kier alpha value is -2.60. The minimum atomic E-state index is -3.62. The number of anilines is 1. The lowest BCUT2D eigenvalue weighted by Crippen LogP contribution is -2.14. The van der Waals surface area contributed by atoms with Crippen LogP contribution in [0.2, 0.25) is 0 Å². The third-order valence-corrected chi connectivity index (χ3v) is 5.14. The molecule has 0 unspecified atom stereocenters. The summed E-state index contributed by atoms with van der Waals surface area (Å²) >= 11 is 0. The van der Waals surface area contributed by atoms with E-state index in [0.717, 1.165) is 17.0 Å². The Morgan fingerprint density at radius 1 is 1.04 bits per heavy atom. The maximum absolute atomic E-state index is 12.6. The van der Waals surface area contributed by atoms with Crippen LogP contribution < -0.4 is 4.72 Å². The fourth-order valence-corrected chi connectivity index (χ4v) is 3.74. The van der Waals surface area contributed by atoms with Gasteiger partial charge in [0.05, 0.1) is 16.9 Å². The highest BCUT2D eigenvalue weighted by molar-refractivity contribution is 7.92. The van der Waals surface area contributed by atoms with Crippen molar-refractivity contribution in [3.05, 3.63) is 66.1 Å². The summed E-state index contributed by atoms with van der Waals surface area (Å²) < 4.78 is 27.7. The molecular formula is C17H17N3O2S. The van der Waals surface area contributed by atoms with Gasteiger partial charge < -0.3 is 4.98 Å². The lowest BCUT2D eigenvalue weighted by Gasteiger charge is -2.11. The van der Waals surface area contributed by atoms with E-state index in [-0.39, 0.29) is 4.90 Å². The Morgan fingerprint density at radius 3 is 2.52 bits per heavy atom. The number of aromatic amines is 1. The molecule has 0 fully saturated rings. The van der Waals surface area contributed by atoms with Crippen molar-refractivity contribution in [1.82, 2.24) is 9.97 Å². The molecule has 3 aromatic rings. The van der Waals surface area contributed by atoms with Gasteiger partial charge in [-0.15, -0.1) is 0 Å². The van der Waals surface area contributed by atoms with Gasteiger partial charge in [-0.25, -0.2) is 13.4 Å². The zero-order valence-electron chi connectivity index (χ0n) is 12.9. The van der Waals surface area contributed by atoms with Crippen LogP contribution in [0.25, 0.3) is 11.3 Å². The molecule has 0 bridgehead atoms. The number of sulfonamides is 1. The molecule has 1 aromatic heterocycles. The Kier molecular flexibility index (Phi) is 3.92. The molecule has 2 aromatic carbocycles. The topological polar surface area (TPSA) is 74.8 Å². The van der Waals surface area contributed by atoms with E-state index in [9.17, 15) is 8.42 Å². The molecule has 0 aliphatic rings. The van der Waals surface area contributed by atoms with Gasteiger partial charge in [-0.3, -0.25) is 4.72 Å². The average molecular weight is 327 g/mol. The lowest BCUT2D eigenvalue weighted by molar-refractivity contribution is 0.600. The summed E-state index contributed by atoms with van der Waals surface area (Å²) in [6.45, 7) is 3.70. The van der Waals surface area contributed by atoms with Crippen molar-refractivity contribution >= 4 is 15.7 Å². The maximum atomic E-state index is 12.6. The zero-order chi connectivity index (χ0) is 16.4. The van der Waals surface area contributed by atoms with Crippen LogP contribution >= 0.6 is 0 Å². The van der Waals surface area contributed by atoms with Crippen molar-refractivity contribution in [1.29, 1.82) is 0 Å². The summed E-state index contributed by atoms with van der Waals surface area (Å²) in [6.07, 6.45) is 1.62. The van der Waals surface area contributed by atoms with Crippen molar-refractivity contribution in [2.24, 2.45) is 0 Å². The van der Waals surface area contributed by atoms with E-state index >= 15 is 0 Å². The molecule has 23 heavy (non-hydrogen) atoms. The number of nitrogens with one attached hydrogen (secondary N) is 2. The molecule has 0 aliphatic heterocycles. The highest BCUT2D eigenvalue weighted by Crippen LogP contribution is 2.25. The van der Waals surface area contributed by atoms with Crippen LogP contribution in [-0.4, -0.2) is 18.4 Å². The Labute approximate surface area is 135 Å². The normalized spacial score (nSPS) is 11.4. The molecule has 0 atom stereocenters. The van der Waals surface area contributed by atoms with Gasteiger partial charge in [-0.2, -0.15) is 0 Å². The first kappa shape index (κ1) is 15.3. The molecule has 0 saturated heterocycles. The van der Waals surface area contributed by atoms with E-state index in [1.165, 1.54) is 0 Å². The van der Waals surface area contributed by atoms with Crippen LogP contribution in [-0.2, 0) is 10.0 Å². The van der Waals surface area contributed by atoms with Gasteiger partial charge in [0.15, 0.2) is 0 Å². The van der Waals surface area contributed by atoms with Crippen LogP contribution in [0.15, 0.2) is 59.8 Å². The summed E-state index contributed by atoms with van der Waals surface area (Å²) in [7, 11) is -3.62. The van der Waals surface area contributed by atoms with E-state index in [4.69, 9.17) is 0 Å². The number of imidazole rings is 1. The molecule has 0 radical (unpaired) electrons. The number of hydrogen-bond acceptors (Lipinski definition) is 3. The summed E-state index contributed by atoms with van der Waals surface area (Å²) in [4.78, 5) is 7.56. The first-order valence-corrected chi connectivity index (χ1v) is 8.64. The molecule has 0 spiro atoms. The van der Waals surface area contributed by atoms with Gasteiger partial charge in [0.25, 0.3) is 10.0 Å². The van der Waals surface area contributed by atoms with Gasteiger partial charge in [0.2, 0.25) is 0 Å². The first-order chi connectivity index (χ1) is 11.0. The number of aryl methyl sites for hydroxylation is 2. The minimum absolute atomic E-state index is 0.279. The Morgan fingerprint density at radius 2 is 1.83 bits per heavy atom. The number of hydrogen-bond donors (Lipinski definition) is 2. The molecule has 0 aliphatic carbocycles. The molecule has 0 amide bonds. The minimum Gasteiger partial charge on any atom is -0.348 e. The average Bonchev–Trinajstić information content (AvgIpc) is 2.93. The number of benzene rings is 2. The molecule has 5 nitrogen and oxygen atoms in total. The molecule has 118 valence electrons. The summed E-state index contributed by atoms with van der Waals surface area (Å²) in [5, 5.41) is 0. The molecule has 2 N–H and O–H groups in total. The standard InChI is InChI=1S/C17H17N3O2S/c1-12-6-3-4-9-16(12)23(21,22)20-15-8-5-7-14(10-15)17-13(2)18-11-19-17/h3-11,20H,1-2H3,(H,18,19). The van der Waals surface area contributed by atoms with Crippen LogP contribution in [0.4, 0.5) is 5.69 Å². The smallest absolute Gasteiger partial charge is 0.262 e. The van der Waals surface area contributed by atoms with Crippen LogP contribution in [0.5, 0.6) is 0 Å². The second kappa shape index (κ2) is 5.89. The number of aromatic nitrogens is 2. The Bertz CT molecular complexity index is 946. The predicted molar refractivity (Wildman–Crippen MR) is 90.7 cm³/mol. The second-order valence-electron chi connectivity index (χ2n) is 5.33. The van der Waals surface area contributed by atoms with Crippen LogP contribution in [0.1, 0.15) is 11.3 Å². The quantitative estimate of drug-likeness (QED) is 0.770. The highest BCUT2D eigenvalue weighted by atomic mass is 32.2. The summed E-state index contributed by atoms with van der Waals surface area (Å²) in [5.74, 6) is 0. The largest absolute Gasteiger partial charge is 0.348 e. The third kappa shape index (κ3) is 3.12. The van der Waals surface area contributed by atoms with Gasteiger partial charge >= 0.3 is 0 Å². The zero-order valence-corrected chi connectivity index (χ0v) is 13.7. The van der Waals surface area contributed by atoms with Crippen LogP contribution in [0.3, 0.4) is 0 Å². The van der Waals surface area contributed by atoms with Crippen LogP contribution in [0, 0.1) is 13.8 Å². The van der Waals surface area contributed by atoms with Crippen molar-refractivity contribution < 1.29 is 8.42 Å². The Balaban J connectivity index is 1.95. The van der Waals surface area contributed by atoms with Gasteiger partial charge in [-0.1, -0.05) is 30.3 Å². The lowest BCUT2D eigenvalue weighted by atomic mass is 10.1. The maximum Gasteiger partial charge on any atom is 0.262 e. The summed E-state index contributed by atoms with van der Waals surface area (Å²) in [5.41, 5.74) is 3.81. The second-order valence-corrected chi connectivity index (χ2v) is 6.98. The molecule has 3 rings (SSSR count). The third-order valence-electron chi connectivity index (χ3n) is 3.60. The van der Waals surface area contributed by atoms with E-state index in [1.807, 2.05) is 19.1 Å². The monoisotopic (exact) mass is 327 g/mol. The first-order valence-electron chi connectivity index (χ1n) is 7.16. The van der Waals surface area contributed by atoms with Gasteiger partial charge in [0, 0.05) is 16.9 Å².